The zero-order chi connectivity index (χ0) is 19.3. The summed E-state index contributed by atoms with van der Waals surface area (Å²) in [6.45, 7) is 0.382. The summed E-state index contributed by atoms with van der Waals surface area (Å²) >= 11 is 1.47. The predicted molar refractivity (Wildman–Crippen MR) is 104 cm³/mol. The van der Waals surface area contributed by atoms with Gasteiger partial charge >= 0.3 is 0 Å². The summed E-state index contributed by atoms with van der Waals surface area (Å²) in [4.78, 5) is 12.7. The average molecular weight is 395 g/mol. The smallest absolute Gasteiger partial charge is 0.258 e. The van der Waals surface area contributed by atoms with Gasteiger partial charge in [-0.15, -0.1) is 10.2 Å². The first-order valence-corrected chi connectivity index (χ1v) is 9.32. The van der Waals surface area contributed by atoms with Crippen molar-refractivity contribution in [2.45, 2.75) is 6.54 Å². The second-order valence-corrected chi connectivity index (χ2v) is 6.86. The lowest BCUT2D eigenvalue weighted by Crippen LogP contribution is -2.28. The molecule has 0 saturated heterocycles. The van der Waals surface area contributed by atoms with Gasteiger partial charge < -0.3 is 14.8 Å². The van der Waals surface area contributed by atoms with Crippen LogP contribution in [0.2, 0.25) is 0 Å². The van der Waals surface area contributed by atoms with Gasteiger partial charge in [-0.05, 0) is 29.8 Å². The molecule has 0 atom stereocenters. The molecule has 0 aliphatic heterocycles. The van der Waals surface area contributed by atoms with Gasteiger partial charge in [0.25, 0.3) is 5.91 Å². The second-order valence-electron chi connectivity index (χ2n) is 5.90. The fourth-order valence-corrected chi connectivity index (χ4v) is 3.34. The molecule has 2 aromatic heterocycles. The molecule has 28 heavy (non-hydrogen) atoms. The van der Waals surface area contributed by atoms with E-state index in [0.717, 1.165) is 26.8 Å². The molecule has 9 heteroatoms. The van der Waals surface area contributed by atoms with Crippen molar-refractivity contribution in [2.24, 2.45) is 0 Å². The van der Waals surface area contributed by atoms with Crippen molar-refractivity contribution < 1.29 is 14.3 Å². The van der Waals surface area contributed by atoms with Gasteiger partial charge in [-0.1, -0.05) is 35.6 Å². The Kier molecular flexibility index (Phi) is 5.16. The van der Waals surface area contributed by atoms with E-state index >= 15 is 0 Å². The van der Waals surface area contributed by atoms with Crippen LogP contribution in [0.25, 0.3) is 15.5 Å². The molecule has 8 nitrogen and oxygen atoms in total. The van der Waals surface area contributed by atoms with Gasteiger partial charge in [0.05, 0.1) is 7.11 Å². The van der Waals surface area contributed by atoms with E-state index < -0.39 is 0 Å². The topological polar surface area (TPSA) is 90.6 Å². The summed E-state index contributed by atoms with van der Waals surface area (Å²) in [5, 5.41) is 15.9. The number of benzene rings is 2. The van der Waals surface area contributed by atoms with Gasteiger partial charge in [0, 0.05) is 12.1 Å². The Morgan fingerprint density at radius 1 is 1.11 bits per heavy atom. The Morgan fingerprint density at radius 2 is 1.86 bits per heavy atom. The molecule has 0 saturated carbocycles. The fourth-order valence-electron chi connectivity index (χ4n) is 2.51. The standard InChI is InChI=1S/C19H17N5O3S/c1-26-15-6-8-16(9-7-15)27-11-17(25)20-10-13-2-4-14(5-3-13)18-23-24-12-21-22-19(24)28-18/h2-9,12H,10-11H2,1H3,(H,20,25). The molecule has 1 amide bonds. The Bertz CT molecular complexity index is 1040. The number of nitrogens with one attached hydrogen (secondary N) is 1. The molecule has 4 rings (SSSR count). The number of carbonyl (C=O) groups is 1. The van der Waals surface area contributed by atoms with Gasteiger partial charge in [-0.3, -0.25) is 4.79 Å². The minimum Gasteiger partial charge on any atom is -0.497 e. The van der Waals surface area contributed by atoms with Gasteiger partial charge in [-0.2, -0.15) is 9.61 Å². The quantitative estimate of drug-likeness (QED) is 0.517. The minimum absolute atomic E-state index is 0.0443. The largest absolute Gasteiger partial charge is 0.497 e. The second kappa shape index (κ2) is 8.05. The van der Waals surface area contributed by atoms with Crippen molar-refractivity contribution in [3.05, 3.63) is 60.4 Å². The third-order valence-electron chi connectivity index (χ3n) is 4.01. The van der Waals surface area contributed by atoms with E-state index in [-0.39, 0.29) is 12.5 Å². The zero-order valence-corrected chi connectivity index (χ0v) is 15.8. The number of amides is 1. The highest BCUT2D eigenvalue weighted by Gasteiger charge is 2.08. The SMILES string of the molecule is COc1ccc(OCC(=O)NCc2ccc(-c3nn4cnnc4s3)cc2)cc1. The van der Waals surface area contributed by atoms with Crippen LogP contribution in [0.5, 0.6) is 11.5 Å². The Morgan fingerprint density at radius 3 is 2.57 bits per heavy atom. The summed E-state index contributed by atoms with van der Waals surface area (Å²) in [6.07, 6.45) is 1.58. The summed E-state index contributed by atoms with van der Waals surface area (Å²) in [5.74, 6) is 1.17. The Hall–Kier alpha value is -3.46. The number of rotatable bonds is 7. The molecule has 2 aromatic carbocycles. The van der Waals surface area contributed by atoms with Crippen LogP contribution in [0.4, 0.5) is 0 Å². The van der Waals surface area contributed by atoms with E-state index in [1.54, 1.807) is 42.2 Å². The van der Waals surface area contributed by atoms with E-state index in [0.29, 0.717) is 12.3 Å². The van der Waals surface area contributed by atoms with Crippen molar-refractivity contribution in [3.63, 3.8) is 0 Å². The minimum atomic E-state index is -0.187. The molecule has 2 heterocycles. The fraction of sp³-hybridized carbons (Fsp3) is 0.158. The van der Waals surface area contributed by atoms with Crippen molar-refractivity contribution in [3.8, 4) is 22.1 Å². The number of ether oxygens (including phenoxy) is 2. The molecule has 0 radical (unpaired) electrons. The lowest BCUT2D eigenvalue weighted by molar-refractivity contribution is -0.123. The van der Waals surface area contributed by atoms with E-state index in [9.17, 15) is 4.79 Å². The summed E-state index contributed by atoms with van der Waals surface area (Å²) < 4.78 is 12.2. The average Bonchev–Trinajstić information content (AvgIpc) is 3.34. The first-order chi connectivity index (χ1) is 13.7. The molecular weight excluding hydrogens is 378 g/mol. The molecule has 0 unspecified atom stereocenters. The molecule has 0 bridgehead atoms. The maximum absolute atomic E-state index is 12.0. The highest BCUT2D eigenvalue weighted by molar-refractivity contribution is 7.19. The van der Waals surface area contributed by atoms with Crippen LogP contribution in [0.1, 0.15) is 5.56 Å². The van der Waals surface area contributed by atoms with Crippen molar-refractivity contribution in [1.29, 1.82) is 0 Å². The third kappa shape index (κ3) is 4.09. The van der Waals surface area contributed by atoms with Gasteiger partial charge in [0.1, 0.15) is 22.8 Å². The first kappa shape index (κ1) is 17.9. The van der Waals surface area contributed by atoms with Crippen molar-refractivity contribution >= 4 is 22.2 Å². The lowest BCUT2D eigenvalue weighted by Gasteiger charge is -2.08. The monoisotopic (exact) mass is 395 g/mol. The number of fused-ring (bicyclic) bond motifs is 1. The molecule has 0 fully saturated rings. The molecule has 142 valence electrons. The summed E-state index contributed by atoms with van der Waals surface area (Å²) in [6, 6.07) is 15.0. The Balaban J connectivity index is 1.28. The lowest BCUT2D eigenvalue weighted by atomic mass is 10.1. The van der Waals surface area contributed by atoms with Crippen LogP contribution < -0.4 is 14.8 Å². The normalized spacial score (nSPS) is 10.8. The van der Waals surface area contributed by atoms with Crippen LogP contribution in [0.3, 0.4) is 0 Å². The molecule has 0 spiro atoms. The van der Waals surface area contributed by atoms with E-state index in [4.69, 9.17) is 9.47 Å². The van der Waals surface area contributed by atoms with Gasteiger partial charge in [-0.25, -0.2) is 0 Å². The maximum atomic E-state index is 12.0. The third-order valence-corrected chi connectivity index (χ3v) is 4.97. The summed E-state index contributed by atoms with van der Waals surface area (Å²) in [7, 11) is 1.60. The first-order valence-electron chi connectivity index (χ1n) is 8.51. The van der Waals surface area contributed by atoms with Crippen LogP contribution in [-0.2, 0) is 11.3 Å². The van der Waals surface area contributed by atoms with Crippen molar-refractivity contribution in [2.75, 3.05) is 13.7 Å². The highest BCUT2D eigenvalue weighted by Crippen LogP contribution is 2.24. The Labute approximate surface area is 164 Å². The van der Waals surface area contributed by atoms with E-state index in [2.05, 4.69) is 20.6 Å². The molecule has 0 aliphatic rings. The zero-order valence-electron chi connectivity index (χ0n) is 15.0. The van der Waals surface area contributed by atoms with Gasteiger partial charge in [0.2, 0.25) is 4.96 Å². The van der Waals surface area contributed by atoms with Crippen LogP contribution in [-0.4, -0.2) is 39.4 Å². The van der Waals surface area contributed by atoms with Gasteiger partial charge in [0.15, 0.2) is 6.61 Å². The molecule has 4 aromatic rings. The number of hydrogen-bond acceptors (Lipinski definition) is 7. The summed E-state index contributed by atoms with van der Waals surface area (Å²) in [5.41, 5.74) is 1.98. The molecular formula is C19H17N5O3S. The number of carbonyl (C=O) groups excluding carboxylic acids is 1. The van der Waals surface area contributed by atoms with Crippen LogP contribution >= 0.6 is 11.3 Å². The van der Waals surface area contributed by atoms with Crippen LogP contribution in [0, 0.1) is 0 Å². The number of hydrogen-bond donors (Lipinski definition) is 1. The number of methoxy groups -OCH3 is 1. The van der Waals surface area contributed by atoms with Crippen molar-refractivity contribution in [1.82, 2.24) is 25.1 Å². The number of nitrogens with zero attached hydrogens (tertiary/aromatic N) is 4. The van der Waals surface area contributed by atoms with Crippen LogP contribution in [0.15, 0.2) is 54.9 Å². The maximum Gasteiger partial charge on any atom is 0.258 e. The molecule has 0 aliphatic carbocycles. The highest BCUT2D eigenvalue weighted by atomic mass is 32.1. The predicted octanol–water partition coefficient (Wildman–Crippen LogP) is 2.56. The van der Waals surface area contributed by atoms with E-state index in [1.807, 2.05) is 24.3 Å². The number of aromatic nitrogens is 4. The molecule has 1 N–H and O–H groups in total. The van der Waals surface area contributed by atoms with E-state index in [1.165, 1.54) is 11.3 Å².